The summed E-state index contributed by atoms with van der Waals surface area (Å²) in [7, 11) is 0. The Morgan fingerprint density at radius 2 is 2.05 bits per heavy atom. The fourth-order valence-electron chi connectivity index (χ4n) is 2.81. The molecule has 2 N–H and O–H groups in total. The minimum atomic E-state index is -0.264. The summed E-state index contributed by atoms with van der Waals surface area (Å²) in [5.41, 5.74) is 1.49. The molecule has 1 aliphatic rings. The van der Waals surface area contributed by atoms with Crippen LogP contribution in [0.3, 0.4) is 0 Å². The SMILES string of the molecule is CC(C)[C@H](CO)NCc1nc(C2CCCC2)ccc1F. The highest BCUT2D eigenvalue weighted by atomic mass is 19.1. The van der Waals surface area contributed by atoms with Gasteiger partial charge in [0.25, 0.3) is 0 Å². The summed E-state index contributed by atoms with van der Waals surface area (Å²) in [6.07, 6.45) is 4.82. The van der Waals surface area contributed by atoms with Gasteiger partial charge >= 0.3 is 0 Å². The molecule has 0 unspecified atom stereocenters. The van der Waals surface area contributed by atoms with Crippen LogP contribution < -0.4 is 5.32 Å². The van der Waals surface area contributed by atoms with Gasteiger partial charge in [-0.05, 0) is 30.9 Å². The summed E-state index contributed by atoms with van der Waals surface area (Å²) >= 11 is 0. The third-order valence-electron chi connectivity index (χ3n) is 4.25. The molecule has 1 aromatic heterocycles. The highest BCUT2D eigenvalue weighted by Gasteiger charge is 2.20. The lowest BCUT2D eigenvalue weighted by Gasteiger charge is -2.20. The van der Waals surface area contributed by atoms with Crippen molar-refractivity contribution >= 4 is 0 Å². The fraction of sp³-hybridized carbons (Fsp3) is 0.688. The van der Waals surface area contributed by atoms with Crippen molar-refractivity contribution < 1.29 is 9.50 Å². The second kappa shape index (κ2) is 7.14. The van der Waals surface area contributed by atoms with Crippen LogP contribution in [0.2, 0.25) is 0 Å². The molecule has 1 atom stereocenters. The summed E-state index contributed by atoms with van der Waals surface area (Å²) in [4.78, 5) is 4.50. The molecule has 2 rings (SSSR count). The smallest absolute Gasteiger partial charge is 0.146 e. The molecular weight excluding hydrogens is 255 g/mol. The van der Waals surface area contributed by atoms with Crippen molar-refractivity contribution in [2.45, 2.75) is 58.0 Å². The highest BCUT2D eigenvalue weighted by Crippen LogP contribution is 2.33. The van der Waals surface area contributed by atoms with Crippen LogP contribution in [0.5, 0.6) is 0 Å². The Morgan fingerprint density at radius 3 is 2.65 bits per heavy atom. The summed E-state index contributed by atoms with van der Waals surface area (Å²) in [5.74, 6) is 0.536. The Hall–Kier alpha value is -1.00. The van der Waals surface area contributed by atoms with E-state index in [-0.39, 0.29) is 18.5 Å². The van der Waals surface area contributed by atoms with E-state index in [2.05, 4.69) is 10.3 Å². The quantitative estimate of drug-likeness (QED) is 0.842. The molecule has 0 amide bonds. The zero-order chi connectivity index (χ0) is 14.5. The fourth-order valence-corrected chi connectivity index (χ4v) is 2.81. The monoisotopic (exact) mass is 280 g/mol. The number of nitrogens with zero attached hydrogens (tertiary/aromatic N) is 1. The predicted octanol–water partition coefficient (Wildman–Crippen LogP) is 2.98. The lowest BCUT2D eigenvalue weighted by atomic mass is 10.0. The number of pyridine rings is 1. The topological polar surface area (TPSA) is 45.1 Å². The Kier molecular flexibility index (Phi) is 5.49. The maximum Gasteiger partial charge on any atom is 0.146 e. The molecule has 0 saturated heterocycles. The maximum absolute atomic E-state index is 13.8. The molecule has 4 heteroatoms. The van der Waals surface area contributed by atoms with E-state index in [9.17, 15) is 9.50 Å². The first-order chi connectivity index (χ1) is 9.61. The van der Waals surface area contributed by atoms with E-state index in [1.807, 2.05) is 19.9 Å². The third kappa shape index (κ3) is 3.76. The van der Waals surface area contributed by atoms with E-state index in [4.69, 9.17) is 0 Å². The van der Waals surface area contributed by atoms with Crippen molar-refractivity contribution in [3.8, 4) is 0 Å². The van der Waals surface area contributed by atoms with Crippen LogP contribution >= 0.6 is 0 Å². The van der Waals surface area contributed by atoms with Crippen molar-refractivity contribution in [2.24, 2.45) is 5.92 Å². The number of hydrogen-bond acceptors (Lipinski definition) is 3. The summed E-state index contributed by atoms with van der Waals surface area (Å²) in [6.45, 7) is 4.50. The second-order valence-corrected chi connectivity index (χ2v) is 6.06. The highest BCUT2D eigenvalue weighted by molar-refractivity contribution is 5.17. The van der Waals surface area contributed by atoms with E-state index >= 15 is 0 Å². The van der Waals surface area contributed by atoms with Gasteiger partial charge in [-0.25, -0.2) is 4.39 Å². The van der Waals surface area contributed by atoms with Gasteiger partial charge in [0, 0.05) is 24.2 Å². The van der Waals surface area contributed by atoms with Gasteiger partial charge in [0.15, 0.2) is 0 Å². The van der Waals surface area contributed by atoms with Crippen LogP contribution in [0.1, 0.15) is 56.8 Å². The molecular formula is C16H25FN2O. The molecule has 1 aromatic rings. The van der Waals surface area contributed by atoms with Crippen LogP contribution in [-0.2, 0) is 6.54 Å². The molecule has 0 aliphatic heterocycles. The van der Waals surface area contributed by atoms with Crippen LogP contribution in [0.25, 0.3) is 0 Å². The van der Waals surface area contributed by atoms with Crippen molar-refractivity contribution in [1.82, 2.24) is 10.3 Å². The standard InChI is InChI=1S/C16H25FN2O/c1-11(2)16(10-20)18-9-15-13(17)7-8-14(19-15)12-5-3-4-6-12/h7-8,11-12,16,18,20H,3-6,9-10H2,1-2H3/t16-/m0/s1. The number of rotatable bonds is 6. The van der Waals surface area contributed by atoms with Crippen molar-refractivity contribution in [2.75, 3.05) is 6.61 Å². The molecule has 0 bridgehead atoms. The van der Waals surface area contributed by atoms with Gasteiger partial charge in [0.1, 0.15) is 5.82 Å². The maximum atomic E-state index is 13.8. The molecule has 0 spiro atoms. The lowest BCUT2D eigenvalue weighted by molar-refractivity contribution is 0.209. The molecule has 20 heavy (non-hydrogen) atoms. The summed E-state index contributed by atoms with van der Waals surface area (Å²) < 4.78 is 13.8. The van der Waals surface area contributed by atoms with E-state index in [0.29, 0.717) is 24.1 Å². The van der Waals surface area contributed by atoms with Crippen molar-refractivity contribution in [3.05, 3.63) is 29.3 Å². The third-order valence-corrected chi connectivity index (χ3v) is 4.25. The average molecular weight is 280 g/mol. The van der Waals surface area contributed by atoms with Crippen LogP contribution in [0, 0.1) is 11.7 Å². The van der Waals surface area contributed by atoms with Crippen molar-refractivity contribution in [1.29, 1.82) is 0 Å². The normalized spacial score (nSPS) is 17.9. The Balaban J connectivity index is 2.04. The number of halogens is 1. The molecule has 3 nitrogen and oxygen atoms in total. The number of nitrogens with one attached hydrogen (secondary N) is 1. The minimum Gasteiger partial charge on any atom is -0.395 e. The Labute approximate surface area is 120 Å². The molecule has 0 radical (unpaired) electrons. The first-order valence-electron chi connectivity index (χ1n) is 7.61. The summed E-state index contributed by atoms with van der Waals surface area (Å²) in [6, 6.07) is 3.33. The molecule has 112 valence electrons. The lowest BCUT2D eigenvalue weighted by Crippen LogP contribution is -2.37. The van der Waals surface area contributed by atoms with E-state index < -0.39 is 0 Å². The van der Waals surface area contributed by atoms with Gasteiger partial charge in [0.2, 0.25) is 0 Å². The predicted molar refractivity (Wildman–Crippen MR) is 78.0 cm³/mol. The molecule has 1 saturated carbocycles. The van der Waals surface area contributed by atoms with Crippen LogP contribution in [-0.4, -0.2) is 22.7 Å². The van der Waals surface area contributed by atoms with E-state index in [1.54, 1.807) is 0 Å². The van der Waals surface area contributed by atoms with Gasteiger partial charge in [-0.3, -0.25) is 4.98 Å². The van der Waals surface area contributed by atoms with Gasteiger partial charge in [0.05, 0.1) is 12.3 Å². The molecule has 1 fully saturated rings. The van der Waals surface area contributed by atoms with Gasteiger partial charge < -0.3 is 10.4 Å². The molecule has 1 aliphatic carbocycles. The zero-order valence-electron chi connectivity index (χ0n) is 12.4. The number of aliphatic hydroxyl groups excluding tert-OH is 1. The van der Waals surface area contributed by atoms with Gasteiger partial charge in [-0.2, -0.15) is 0 Å². The van der Waals surface area contributed by atoms with Crippen molar-refractivity contribution in [3.63, 3.8) is 0 Å². The van der Waals surface area contributed by atoms with Crippen LogP contribution in [0.15, 0.2) is 12.1 Å². The Bertz CT molecular complexity index is 430. The number of aliphatic hydroxyl groups is 1. The summed E-state index contributed by atoms with van der Waals surface area (Å²) in [5, 5.41) is 12.5. The molecule has 1 heterocycles. The number of aromatic nitrogens is 1. The largest absolute Gasteiger partial charge is 0.395 e. The van der Waals surface area contributed by atoms with Gasteiger partial charge in [-0.15, -0.1) is 0 Å². The Morgan fingerprint density at radius 1 is 1.35 bits per heavy atom. The molecule has 0 aromatic carbocycles. The average Bonchev–Trinajstić information content (AvgIpc) is 2.95. The first kappa shape index (κ1) is 15.4. The zero-order valence-corrected chi connectivity index (χ0v) is 12.4. The van der Waals surface area contributed by atoms with E-state index in [1.165, 1.54) is 18.9 Å². The first-order valence-corrected chi connectivity index (χ1v) is 7.61. The number of hydrogen-bond donors (Lipinski definition) is 2. The minimum absolute atomic E-state index is 0.0219. The second-order valence-electron chi connectivity index (χ2n) is 6.06. The van der Waals surface area contributed by atoms with E-state index in [0.717, 1.165) is 18.5 Å². The van der Waals surface area contributed by atoms with Gasteiger partial charge in [-0.1, -0.05) is 26.7 Å². The van der Waals surface area contributed by atoms with Crippen LogP contribution in [0.4, 0.5) is 4.39 Å².